The summed E-state index contributed by atoms with van der Waals surface area (Å²) in [6.07, 6.45) is 0. The molecule has 1 atom stereocenters. The summed E-state index contributed by atoms with van der Waals surface area (Å²) < 4.78 is 1.45. The van der Waals surface area contributed by atoms with Gasteiger partial charge < -0.3 is 5.73 Å². The number of hydrogen-bond donors (Lipinski definition) is 1. The molecule has 0 fully saturated rings. The second-order valence-corrected chi connectivity index (χ2v) is 8.13. The number of carbonyl (C=O) groups excluding carboxylic acids is 1. The summed E-state index contributed by atoms with van der Waals surface area (Å²) in [4.78, 5) is 30.7. The number of aromatic nitrogens is 2. The normalized spacial score (nSPS) is 12.7. The van der Waals surface area contributed by atoms with Crippen LogP contribution >= 0.6 is 11.3 Å². The highest BCUT2D eigenvalue weighted by atomic mass is 32.1. The van der Waals surface area contributed by atoms with Gasteiger partial charge in [0.15, 0.2) is 0 Å². The number of hydrogen-bond acceptors (Lipinski definition) is 4. The first kappa shape index (κ1) is 18.4. The van der Waals surface area contributed by atoms with Crippen molar-refractivity contribution in [3.63, 3.8) is 0 Å². The van der Waals surface area contributed by atoms with E-state index in [1.54, 1.807) is 6.92 Å². The molecule has 0 bridgehead atoms. The predicted octanol–water partition coefficient (Wildman–Crippen LogP) is 4.45. The van der Waals surface area contributed by atoms with E-state index >= 15 is 0 Å². The largest absolute Gasteiger partial charge is 0.368 e. The number of fused-ring (bicyclic) bond motifs is 2. The van der Waals surface area contributed by atoms with Crippen LogP contribution in [0.4, 0.5) is 0 Å². The second-order valence-electron chi connectivity index (χ2n) is 7.27. The van der Waals surface area contributed by atoms with Crippen LogP contribution < -0.4 is 11.3 Å². The van der Waals surface area contributed by atoms with Gasteiger partial charge in [-0.25, -0.2) is 4.98 Å². The Morgan fingerprint density at radius 1 is 1.11 bits per heavy atom. The molecule has 4 aromatic rings. The highest BCUT2D eigenvalue weighted by Gasteiger charge is 2.24. The van der Waals surface area contributed by atoms with Crippen LogP contribution in [0.1, 0.15) is 38.6 Å². The van der Waals surface area contributed by atoms with E-state index in [4.69, 9.17) is 10.7 Å². The lowest BCUT2D eigenvalue weighted by molar-refractivity contribution is -0.120. The molecule has 0 radical (unpaired) electrons. The molecule has 1 amide bonds. The fourth-order valence-electron chi connectivity index (χ4n) is 3.50. The SMILES string of the molecule is CC(C)c1nc2scc(-c3ccc4ccccc4c3)c2c(=O)n1C(C)C(N)=O. The minimum atomic E-state index is -0.758. The van der Waals surface area contributed by atoms with Gasteiger partial charge >= 0.3 is 0 Å². The van der Waals surface area contributed by atoms with Crippen LogP contribution in [-0.2, 0) is 4.79 Å². The van der Waals surface area contributed by atoms with E-state index in [2.05, 4.69) is 24.3 Å². The van der Waals surface area contributed by atoms with Gasteiger partial charge in [0.25, 0.3) is 5.56 Å². The Kier molecular flexibility index (Phi) is 4.51. The molecule has 0 aliphatic heterocycles. The van der Waals surface area contributed by atoms with Gasteiger partial charge in [-0.15, -0.1) is 11.3 Å². The van der Waals surface area contributed by atoms with Crippen LogP contribution in [0.15, 0.2) is 52.6 Å². The number of thiophene rings is 1. The van der Waals surface area contributed by atoms with Gasteiger partial charge in [-0.2, -0.15) is 0 Å². The number of benzene rings is 2. The molecule has 4 rings (SSSR count). The molecule has 28 heavy (non-hydrogen) atoms. The Balaban J connectivity index is 2.02. The highest BCUT2D eigenvalue weighted by molar-refractivity contribution is 7.17. The van der Waals surface area contributed by atoms with Crippen LogP contribution in [0.5, 0.6) is 0 Å². The fraction of sp³-hybridized carbons (Fsp3) is 0.227. The van der Waals surface area contributed by atoms with Crippen molar-refractivity contribution in [1.82, 2.24) is 9.55 Å². The fourth-order valence-corrected chi connectivity index (χ4v) is 4.44. The zero-order chi connectivity index (χ0) is 20.0. The molecular weight excluding hydrogens is 370 g/mol. The molecule has 2 heterocycles. The molecule has 0 aliphatic carbocycles. The highest BCUT2D eigenvalue weighted by Crippen LogP contribution is 2.33. The third-order valence-electron chi connectivity index (χ3n) is 5.04. The Morgan fingerprint density at radius 3 is 2.50 bits per heavy atom. The third-order valence-corrected chi connectivity index (χ3v) is 5.92. The molecule has 2 aromatic carbocycles. The van der Waals surface area contributed by atoms with E-state index in [0.29, 0.717) is 16.0 Å². The maximum Gasteiger partial charge on any atom is 0.263 e. The number of amides is 1. The van der Waals surface area contributed by atoms with Crippen LogP contribution in [0, 0.1) is 0 Å². The standard InChI is InChI=1S/C22H21N3O2S/c1-12(2)20-24-21-18(22(27)25(20)13(3)19(23)26)17(11-28-21)16-9-8-14-6-4-5-7-15(14)10-16/h4-13H,1-3H3,(H2,23,26). The van der Waals surface area contributed by atoms with Gasteiger partial charge in [-0.3, -0.25) is 14.2 Å². The first-order valence-electron chi connectivity index (χ1n) is 9.20. The van der Waals surface area contributed by atoms with Crippen molar-refractivity contribution < 1.29 is 4.79 Å². The van der Waals surface area contributed by atoms with Crippen molar-refractivity contribution in [2.45, 2.75) is 32.7 Å². The lowest BCUT2D eigenvalue weighted by Crippen LogP contribution is -2.35. The Hall–Kier alpha value is -2.99. The number of rotatable bonds is 4. The molecule has 142 valence electrons. The van der Waals surface area contributed by atoms with Crippen molar-refractivity contribution in [2.24, 2.45) is 5.73 Å². The number of nitrogens with two attached hydrogens (primary N) is 1. The first-order chi connectivity index (χ1) is 13.4. The first-order valence-corrected chi connectivity index (χ1v) is 10.1. The molecule has 5 nitrogen and oxygen atoms in total. The summed E-state index contributed by atoms with van der Waals surface area (Å²) >= 11 is 1.45. The van der Waals surface area contributed by atoms with Crippen molar-refractivity contribution in [3.05, 3.63) is 64.0 Å². The number of carbonyl (C=O) groups is 1. The maximum atomic E-state index is 13.4. The molecule has 0 aliphatic rings. The van der Waals surface area contributed by atoms with Crippen LogP contribution in [0.3, 0.4) is 0 Å². The van der Waals surface area contributed by atoms with E-state index in [1.165, 1.54) is 15.9 Å². The Bertz CT molecular complexity index is 1270. The quantitative estimate of drug-likeness (QED) is 0.558. The minimum Gasteiger partial charge on any atom is -0.368 e. The zero-order valence-electron chi connectivity index (χ0n) is 16.0. The summed E-state index contributed by atoms with van der Waals surface area (Å²) in [5, 5.41) is 4.76. The van der Waals surface area contributed by atoms with E-state index in [0.717, 1.165) is 21.9 Å². The summed E-state index contributed by atoms with van der Waals surface area (Å²) in [5.41, 5.74) is 7.09. The predicted molar refractivity (Wildman–Crippen MR) is 115 cm³/mol. The summed E-state index contributed by atoms with van der Waals surface area (Å²) in [6, 6.07) is 13.5. The van der Waals surface area contributed by atoms with Gasteiger partial charge in [-0.05, 0) is 29.3 Å². The van der Waals surface area contributed by atoms with Crippen molar-refractivity contribution in [1.29, 1.82) is 0 Å². The summed E-state index contributed by atoms with van der Waals surface area (Å²) in [6.45, 7) is 5.55. The van der Waals surface area contributed by atoms with E-state index < -0.39 is 11.9 Å². The van der Waals surface area contributed by atoms with Crippen molar-refractivity contribution in [2.75, 3.05) is 0 Å². The number of primary amides is 1. The lowest BCUT2D eigenvalue weighted by Gasteiger charge is -2.19. The second kappa shape index (κ2) is 6.87. The minimum absolute atomic E-state index is 0.00915. The molecule has 2 aromatic heterocycles. The lowest BCUT2D eigenvalue weighted by atomic mass is 10.0. The molecule has 2 N–H and O–H groups in total. The van der Waals surface area contributed by atoms with Gasteiger partial charge in [-0.1, -0.05) is 50.2 Å². The molecule has 0 saturated carbocycles. The molecule has 0 saturated heterocycles. The topological polar surface area (TPSA) is 78.0 Å². The Labute approximate surface area is 166 Å². The number of nitrogens with zero attached hydrogens (tertiary/aromatic N) is 2. The van der Waals surface area contributed by atoms with Crippen LogP contribution in [-0.4, -0.2) is 15.5 Å². The van der Waals surface area contributed by atoms with Gasteiger partial charge in [0.2, 0.25) is 5.91 Å². The average molecular weight is 391 g/mol. The monoisotopic (exact) mass is 391 g/mol. The maximum absolute atomic E-state index is 13.4. The van der Waals surface area contributed by atoms with Gasteiger partial charge in [0.05, 0.1) is 5.39 Å². The van der Waals surface area contributed by atoms with E-state index in [9.17, 15) is 9.59 Å². The molecule has 0 spiro atoms. The van der Waals surface area contributed by atoms with Crippen molar-refractivity contribution >= 4 is 38.2 Å². The molecular formula is C22H21N3O2S. The van der Waals surface area contributed by atoms with Gasteiger partial charge in [0, 0.05) is 16.9 Å². The van der Waals surface area contributed by atoms with Gasteiger partial charge in [0.1, 0.15) is 16.7 Å². The van der Waals surface area contributed by atoms with E-state index in [1.807, 2.05) is 37.4 Å². The van der Waals surface area contributed by atoms with Crippen LogP contribution in [0.2, 0.25) is 0 Å². The summed E-state index contributed by atoms with van der Waals surface area (Å²) in [7, 11) is 0. The van der Waals surface area contributed by atoms with E-state index in [-0.39, 0.29) is 11.5 Å². The average Bonchev–Trinajstić information content (AvgIpc) is 3.11. The molecule has 6 heteroatoms. The Morgan fingerprint density at radius 2 is 1.82 bits per heavy atom. The smallest absolute Gasteiger partial charge is 0.263 e. The zero-order valence-corrected chi connectivity index (χ0v) is 16.8. The third kappa shape index (κ3) is 2.90. The molecule has 1 unspecified atom stereocenters. The summed E-state index contributed by atoms with van der Waals surface area (Å²) in [5.74, 6) is 0.0217. The van der Waals surface area contributed by atoms with Crippen LogP contribution in [0.25, 0.3) is 32.1 Å². The van der Waals surface area contributed by atoms with Crippen molar-refractivity contribution in [3.8, 4) is 11.1 Å².